The minimum absolute atomic E-state index is 0.0170. The molecule has 0 amide bonds. The van der Waals surface area contributed by atoms with Crippen molar-refractivity contribution < 1.29 is 9.53 Å². The number of H-pyrrole nitrogens is 2. The number of nitrogens with one attached hydrogen (secondary N) is 2. The van der Waals surface area contributed by atoms with E-state index in [0.29, 0.717) is 0 Å². The minimum Gasteiger partial charge on any atom is -0.450 e. The van der Waals surface area contributed by atoms with Crippen molar-refractivity contribution >= 4 is 38.9 Å². The molecular formula is C25H21N3O4S. The van der Waals surface area contributed by atoms with Gasteiger partial charge in [0.25, 0.3) is 5.56 Å². The standard InChI is InChI=1S/C25H21N3O4S/c1-25(2,32-23(30)19-13-18-21(26-19)27-24(31)28-22(18)29)16-9-8-15-11-17(33-20(15)12-16)10-14-6-4-3-5-7-14/h3-9,11-12H,10,13H2,1-2H3,(H2,27,28,29,31). The van der Waals surface area contributed by atoms with E-state index in [1.54, 1.807) is 11.3 Å². The van der Waals surface area contributed by atoms with Gasteiger partial charge in [-0.1, -0.05) is 42.5 Å². The largest absolute Gasteiger partial charge is 0.450 e. The lowest BCUT2D eigenvalue weighted by atomic mass is 9.97. The van der Waals surface area contributed by atoms with Crippen LogP contribution in [0.4, 0.5) is 5.82 Å². The number of hydrogen-bond donors (Lipinski definition) is 2. The van der Waals surface area contributed by atoms with Crippen LogP contribution in [0.25, 0.3) is 10.1 Å². The lowest BCUT2D eigenvalue weighted by Crippen LogP contribution is -2.30. The number of esters is 1. The first-order valence-electron chi connectivity index (χ1n) is 10.5. The predicted octanol–water partition coefficient (Wildman–Crippen LogP) is 3.98. The maximum atomic E-state index is 12.8. The Bertz CT molecular complexity index is 1530. The van der Waals surface area contributed by atoms with Gasteiger partial charge in [0.05, 0.1) is 5.56 Å². The highest BCUT2D eigenvalue weighted by Crippen LogP contribution is 2.33. The van der Waals surface area contributed by atoms with Gasteiger partial charge in [0.1, 0.15) is 17.1 Å². The molecule has 2 N–H and O–H groups in total. The van der Waals surface area contributed by atoms with E-state index in [0.717, 1.165) is 22.1 Å². The van der Waals surface area contributed by atoms with Gasteiger partial charge in [-0.2, -0.15) is 0 Å². The molecule has 1 aliphatic rings. The molecule has 0 aliphatic carbocycles. The molecule has 0 saturated heterocycles. The molecular weight excluding hydrogens is 438 g/mol. The maximum Gasteiger partial charge on any atom is 0.353 e. The molecule has 4 aromatic rings. The van der Waals surface area contributed by atoms with Gasteiger partial charge in [-0.15, -0.1) is 11.3 Å². The second-order valence-corrected chi connectivity index (χ2v) is 9.67. The van der Waals surface area contributed by atoms with Crippen molar-refractivity contribution in [3.63, 3.8) is 0 Å². The highest BCUT2D eigenvalue weighted by molar-refractivity contribution is 7.19. The Labute approximate surface area is 192 Å². The summed E-state index contributed by atoms with van der Waals surface area (Å²) in [4.78, 5) is 46.2. The molecule has 1 aliphatic heterocycles. The van der Waals surface area contributed by atoms with E-state index >= 15 is 0 Å². The molecule has 0 atom stereocenters. The number of nitrogens with zero attached hydrogens (tertiary/aromatic N) is 1. The van der Waals surface area contributed by atoms with Crippen LogP contribution in [0.15, 0.2) is 69.2 Å². The average Bonchev–Trinajstić information content (AvgIpc) is 3.37. The van der Waals surface area contributed by atoms with Crippen molar-refractivity contribution in [1.82, 2.24) is 9.97 Å². The summed E-state index contributed by atoms with van der Waals surface area (Å²) in [5.41, 5.74) is 0.350. The number of benzene rings is 2. The number of ether oxygens (including phenoxy) is 1. The van der Waals surface area contributed by atoms with Gasteiger partial charge in [-0.05, 0) is 42.5 Å². The predicted molar refractivity (Wildman–Crippen MR) is 129 cm³/mol. The van der Waals surface area contributed by atoms with Crippen LogP contribution in [0.5, 0.6) is 0 Å². The topological polar surface area (TPSA) is 104 Å². The third-order valence-electron chi connectivity index (χ3n) is 5.68. The number of aliphatic imine (C=N–C) groups is 1. The first-order chi connectivity index (χ1) is 15.8. The molecule has 0 bridgehead atoms. The fourth-order valence-electron chi connectivity index (χ4n) is 3.91. The van der Waals surface area contributed by atoms with E-state index in [-0.39, 0.29) is 23.5 Å². The molecule has 8 heteroatoms. The van der Waals surface area contributed by atoms with Crippen molar-refractivity contribution in [2.45, 2.75) is 32.3 Å². The van der Waals surface area contributed by atoms with E-state index in [1.165, 1.54) is 10.4 Å². The van der Waals surface area contributed by atoms with Crippen LogP contribution < -0.4 is 11.2 Å². The maximum absolute atomic E-state index is 12.8. The van der Waals surface area contributed by atoms with Crippen molar-refractivity contribution in [3.8, 4) is 0 Å². The number of carbonyl (C=O) groups is 1. The van der Waals surface area contributed by atoms with Crippen molar-refractivity contribution in [3.05, 3.63) is 97.0 Å². The van der Waals surface area contributed by atoms with E-state index < -0.39 is 22.8 Å². The molecule has 2 aromatic heterocycles. The first kappa shape index (κ1) is 21.1. The molecule has 166 valence electrons. The number of rotatable bonds is 5. The highest BCUT2D eigenvalue weighted by Gasteiger charge is 2.31. The van der Waals surface area contributed by atoms with Crippen LogP contribution >= 0.6 is 11.3 Å². The Morgan fingerprint density at radius 3 is 2.67 bits per heavy atom. The van der Waals surface area contributed by atoms with Gasteiger partial charge in [0, 0.05) is 22.4 Å². The lowest BCUT2D eigenvalue weighted by molar-refractivity contribution is -0.148. The van der Waals surface area contributed by atoms with E-state index in [1.807, 2.05) is 44.2 Å². The summed E-state index contributed by atoms with van der Waals surface area (Å²) < 4.78 is 6.91. The fraction of sp³-hybridized carbons (Fsp3) is 0.200. The second kappa shape index (κ2) is 7.97. The van der Waals surface area contributed by atoms with E-state index in [9.17, 15) is 14.4 Å². The summed E-state index contributed by atoms with van der Waals surface area (Å²) in [5.74, 6) is -0.507. The van der Waals surface area contributed by atoms with Crippen LogP contribution in [-0.4, -0.2) is 21.6 Å². The van der Waals surface area contributed by atoms with Gasteiger partial charge >= 0.3 is 11.7 Å². The summed E-state index contributed by atoms with van der Waals surface area (Å²) in [6.07, 6.45) is 0.888. The van der Waals surface area contributed by atoms with Crippen LogP contribution in [-0.2, 0) is 28.0 Å². The van der Waals surface area contributed by atoms with Gasteiger partial charge in [-0.25, -0.2) is 14.6 Å². The van der Waals surface area contributed by atoms with Gasteiger partial charge in [0.2, 0.25) is 0 Å². The van der Waals surface area contributed by atoms with Gasteiger partial charge < -0.3 is 4.74 Å². The van der Waals surface area contributed by atoms with Gasteiger partial charge in [-0.3, -0.25) is 14.8 Å². The molecule has 3 heterocycles. The van der Waals surface area contributed by atoms with Crippen LogP contribution in [0.2, 0.25) is 0 Å². The Hall–Kier alpha value is -3.78. The third kappa shape index (κ3) is 4.17. The van der Waals surface area contributed by atoms with E-state index in [2.05, 4.69) is 39.2 Å². The molecule has 0 fully saturated rings. The van der Waals surface area contributed by atoms with Crippen LogP contribution in [0.1, 0.15) is 35.4 Å². The number of aromatic nitrogens is 2. The Balaban J connectivity index is 1.36. The average molecular weight is 460 g/mol. The molecule has 0 spiro atoms. The van der Waals surface area contributed by atoms with Crippen molar-refractivity contribution in [2.75, 3.05) is 0 Å². The zero-order valence-electron chi connectivity index (χ0n) is 18.1. The quantitative estimate of drug-likeness (QED) is 0.441. The fourth-order valence-corrected chi connectivity index (χ4v) is 5.05. The summed E-state index contributed by atoms with van der Waals surface area (Å²) in [7, 11) is 0. The smallest absolute Gasteiger partial charge is 0.353 e. The summed E-state index contributed by atoms with van der Waals surface area (Å²) in [6.45, 7) is 3.64. The minimum atomic E-state index is -0.911. The Kier molecular flexibility index (Phi) is 5.09. The Morgan fingerprint density at radius 2 is 1.88 bits per heavy atom. The van der Waals surface area contributed by atoms with Gasteiger partial charge in [0.15, 0.2) is 0 Å². The second-order valence-electron chi connectivity index (χ2n) is 8.50. The summed E-state index contributed by atoms with van der Waals surface area (Å²) in [6, 6.07) is 18.6. The highest BCUT2D eigenvalue weighted by atomic mass is 32.1. The molecule has 0 unspecified atom stereocenters. The SMILES string of the molecule is CC(C)(OC(=O)C1=Nc2[nH]c(=O)[nH]c(=O)c2C1)c1ccc2cc(Cc3ccccc3)sc2c1. The van der Waals surface area contributed by atoms with E-state index in [4.69, 9.17) is 4.74 Å². The molecule has 7 nitrogen and oxygen atoms in total. The Morgan fingerprint density at radius 1 is 1.09 bits per heavy atom. The zero-order chi connectivity index (χ0) is 23.2. The number of thiophene rings is 1. The molecule has 2 aromatic carbocycles. The summed E-state index contributed by atoms with van der Waals surface area (Å²) in [5, 5.41) is 1.15. The van der Waals surface area contributed by atoms with Crippen LogP contribution in [0, 0.1) is 0 Å². The lowest BCUT2D eigenvalue weighted by Gasteiger charge is -2.25. The number of aromatic amines is 2. The first-order valence-corrected chi connectivity index (χ1v) is 11.3. The molecule has 5 rings (SSSR count). The molecule has 0 radical (unpaired) electrons. The van der Waals surface area contributed by atoms with Crippen LogP contribution in [0.3, 0.4) is 0 Å². The third-order valence-corrected chi connectivity index (χ3v) is 6.78. The number of hydrogen-bond acceptors (Lipinski definition) is 6. The molecule has 0 saturated carbocycles. The summed E-state index contributed by atoms with van der Waals surface area (Å²) >= 11 is 1.72. The zero-order valence-corrected chi connectivity index (χ0v) is 18.9. The van der Waals surface area contributed by atoms with Crippen molar-refractivity contribution in [1.29, 1.82) is 0 Å². The molecule has 33 heavy (non-hydrogen) atoms. The monoisotopic (exact) mass is 459 g/mol. The number of fused-ring (bicyclic) bond motifs is 2. The number of carbonyl (C=O) groups excluding carboxylic acids is 1. The van der Waals surface area contributed by atoms with Crippen molar-refractivity contribution in [2.24, 2.45) is 4.99 Å². The normalized spacial score (nSPS) is 13.1.